The highest BCUT2D eigenvalue weighted by Crippen LogP contribution is 2.33. The number of nitrogens with zero attached hydrogens (tertiary/aromatic N) is 1. The lowest BCUT2D eigenvalue weighted by molar-refractivity contribution is 0.0985. The molecule has 0 aliphatic carbocycles. The summed E-state index contributed by atoms with van der Waals surface area (Å²) in [6.45, 7) is 6.40. The summed E-state index contributed by atoms with van der Waals surface area (Å²) in [7, 11) is 0. The standard InChI is InChI=1S/C16H16N2O2S2/c1-16(2,3)13-8-22-15(17-13)12-7-10-6-9(14(19)18-21)4-5-11(10)20-12/h4-8,21H,1-3H3,(H,18,19). The summed E-state index contributed by atoms with van der Waals surface area (Å²) in [5, 5.41) is 3.78. The smallest absolute Gasteiger partial charge is 0.260 e. The molecule has 0 radical (unpaired) electrons. The minimum Gasteiger partial charge on any atom is -0.454 e. The lowest BCUT2D eigenvalue weighted by Crippen LogP contribution is -2.11. The van der Waals surface area contributed by atoms with Gasteiger partial charge < -0.3 is 4.42 Å². The predicted molar refractivity (Wildman–Crippen MR) is 92.5 cm³/mol. The average Bonchev–Trinajstić information content (AvgIpc) is 3.11. The fraction of sp³-hybridized carbons (Fsp3) is 0.250. The molecule has 3 rings (SSSR count). The van der Waals surface area contributed by atoms with Crippen LogP contribution in [0.4, 0.5) is 0 Å². The first kappa shape index (κ1) is 15.1. The molecule has 0 bridgehead atoms. The van der Waals surface area contributed by atoms with Crippen LogP contribution in [-0.4, -0.2) is 10.9 Å². The summed E-state index contributed by atoms with van der Waals surface area (Å²) < 4.78 is 8.16. The quantitative estimate of drug-likeness (QED) is 0.683. The average molecular weight is 332 g/mol. The summed E-state index contributed by atoms with van der Waals surface area (Å²) in [6, 6.07) is 7.20. The van der Waals surface area contributed by atoms with E-state index in [1.54, 1.807) is 29.5 Å². The Labute approximate surface area is 138 Å². The van der Waals surface area contributed by atoms with E-state index in [1.165, 1.54) is 0 Å². The Morgan fingerprint density at radius 1 is 1.32 bits per heavy atom. The van der Waals surface area contributed by atoms with Gasteiger partial charge in [0.05, 0.1) is 5.69 Å². The van der Waals surface area contributed by atoms with Crippen molar-refractivity contribution in [2.75, 3.05) is 0 Å². The Bertz CT molecular complexity index is 843. The van der Waals surface area contributed by atoms with Gasteiger partial charge in [-0.25, -0.2) is 4.98 Å². The van der Waals surface area contributed by atoms with Crippen LogP contribution in [0.5, 0.6) is 0 Å². The van der Waals surface area contributed by atoms with E-state index in [-0.39, 0.29) is 11.3 Å². The first-order chi connectivity index (χ1) is 10.4. The summed E-state index contributed by atoms with van der Waals surface area (Å²) in [5.74, 6) is 0.483. The van der Waals surface area contributed by atoms with Crippen LogP contribution in [0.1, 0.15) is 36.8 Å². The normalized spacial score (nSPS) is 11.8. The van der Waals surface area contributed by atoms with Gasteiger partial charge in [-0.05, 0) is 24.3 Å². The van der Waals surface area contributed by atoms with Crippen molar-refractivity contribution in [2.24, 2.45) is 0 Å². The summed E-state index contributed by atoms with van der Waals surface area (Å²) in [5.41, 5.74) is 2.34. The number of carbonyl (C=O) groups excluding carboxylic acids is 1. The van der Waals surface area contributed by atoms with Gasteiger partial charge in [0.1, 0.15) is 5.58 Å². The molecule has 114 valence electrons. The maximum absolute atomic E-state index is 11.6. The molecule has 0 saturated heterocycles. The zero-order valence-corrected chi connectivity index (χ0v) is 14.2. The van der Waals surface area contributed by atoms with Gasteiger partial charge in [0.2, 0.25) is 0 Å². The van der Waals surface area contributed by atoms with Gasteiger partial charge in [0.15, 0.2) is 10.8 Å². The second-order valence-electron chi connectivity index (χ2n) is 6.09. The molecule has 3 aromatic rings. The van der Waals surface area contributed by atoms with Crippen LogP contribution in [-0.2, 0) is 5.41 Å². The van der Waals surface area contributed by atoms with Crippen LogP contribution >= 0.6 is 24.2 Å². The molecule has 0 saturated carbocycles. The van der Waals surface area contributed by atoms with Crippen molar-refractivity contribution in [3.05, 3.63) is 40.9 Å². The van der Waals surface area contributed by atoms with Gasteiger partial charge in [0.25, 0.3) is 5.91 Å². The van der Waals surface area contributed by atoms with E-state index in [2.05, 4.69) is 48.7 Å². The Kier molecular flexibility index (Phi) is 3.74. The lowest BCUT2D eigenvalue weighted by atomic mass is 9.93. The Morgan fingerprint density at radius 2 is 2.09 bits per heavy atom. The molecule has 0 fully saturated rings. The SMILES string of the molecule is CC(C)(C)c1csc(-c2cc3cc(C(=O)NS)ccc3o2)n1. The molecular weight excluding hydrogens is 316 g/mol. The molecule has 0 unspecified atom stereocenters. The number of hydrogen-bond acceptors (Lipinski definition) is 5. The molecule has 2 aromatic heterocycles. The van der Waals surface area contributed by atoms with Crippen molar-refractivity contribution < 1.29 is 9.21 Å². The predicted octanol–water partition coefficient (Wildman–Crippen LogP) is 4.43. The van der Waals surface area contributed by atoms with Crippen molar-refractivity contribution in [1.29, 1.82) is 0 Å². The van der Waals surface area contributed by atoms with Crippen LogP contribution in [0.15, 0.2) is 34.1 Å². The molecule has 1 N–H and O–H groups in total. The Morgan fingerprint density at radius 3 is 2.73 bits per heavy atom. The number of rotatable bonds is 2. The van der Waals surface area contributed by atoms with Gasteiger partial charge in [-0.1, -0.05) is 33.6 Å². The lowest BCUT2D eigenvalue weighted by Gasteiger charge is -2.13. The van der Waals surface area contributed by atoms with Crippen LogP contribution in [0.3, 0.4) is 0 Å². The number of amides is 1. The largest absolute Gasteiger partial charge is 0.454 e. The first-order valence-electron chi connectivity index (χ1n) is 6.83. The van der Waals surface area contributed by atoms with Crippen molar-refractivity contribution >= 4 is 41.0 Å². The monoisotopic (exact) mass is 332 g/mol. The molecule has 0 aliphatic rings. The molecule has 2 heterocycles. The van der Waals surface area contributed by atoms with Crippen molar-refractivity contribution in [3.63, 3.8) is 0 Å². The number of furan rings is 1. The third kappa shape index (κ3) is 2.76. The molecule has 1 amide bonds. The maximum Gasteiger partial charge on any atom is 0.260 e. The van der Waals surface area contributed by atoms with Gasteiger partial charge in [-0.2, -0.15) is 0 Å². The van der Waals surface area contributed by atoms with Crippen molar-refractivity contribution in [2.45, 2.75) is 26.2 Å². The highest BCUT2D eigenvalue weighted by atomic mass is 32.1. The summed E-state index contributed by atoms with van der Waals surface area (Å²) >= 11 is 5.35. The summed E-state index contributed by atoms with van der Waals surface area (Å²) in [6.07, 6.45) is 0. The molecule has 0 atom stereocenters. The number of benzene rings is 1. The van der Waals surface area contributed by atoms with E-state index in [0.29, 0.717) is 5.56 Å². The van der Waals surface area contributed by atoms with Gasteiger partial charge in [-0.15, -0.1) is 11.3 Å². The molecule has 0 aliphatic heterocycles. The van der Waals surface area contributed by atoms with E-state index in [9.17, 15) is 4.79 Å². The number of fused-ring (bicyclic) bond motifs is 1. The van der Waals surface area contributed by atoms with Crippen LogP contribution in [0.25, 0.3) is 21.7 Å². The van der Waals surface area contributed by atoms with E-state index in [1.807, 2.05) is 6.07 Å². The molecule has 6 heteroatoms. The summed E-state index contributed by atoms with van der Waals surface area (Å²) in [4.78, 5) is 16.3. The number of aromatic nitrogens is 1. The van der Waals surface area contributed by atoms with Crippen molar-refractivity contribution in [1.82, 2.24) is 9.71 Å². The number of nitrogens with one attached hydrogen (secondary N) is 1. The highest BCUT2D eigenvalue weighted by molar-refractivity contribution is 7.78. The first-order valence-corrected chi connectivity index (χ1v) is 8.15. The third-order valence-corrected chi connectivity index (χ3v) is 4.42. The van der Waals surface area contributed by atoms with Crippen LogP contribution in [0, 0.1) is 0 Å². The van der Waals surface area contributed by atoms with E-state index in [4.69, 9.17) is 4.42 Å². The molecule has 1 aromatic carbocycles. The fourth-order valence-electron chi connectivity index (χ4n) is 2.09. The topological polar surface area (TPSA) is 55.1 Å². The molecule has 0 spiro atoms. The zero-order valence-electron chi connectivity index (χ0n) is 12.5. The zero-order chi connectivity index (χ0) is 15.9. The fourth-order valence-corrected chi connectivity index (χ4v) is 3.21. The van der Waals surface area contributed by atoms with Crippen LogP contribution in [0.2, 0.25) is 0 Å². The molecule has 4 nitrogen and oxygen atoms in total. The number of thiazole rings is 1. The minimum atomic E-state index is -0.239. The Hall–Kier alpha value is -1.79. The van der Waals surface area contributed by atoms with Gasteiger partial charge >= 0.3 is 0 Å². The highest BCUT2D eigenvalue weighted by Gasteiger charge is 2.19. The molecule has 22 heavy (non-hydrogen) atoms. The van der Waals surface area contributed by atoms with Crippen molar-refractivity contribution in [3.8, 4) is 10.8 Å². The van der Waals surface area contributed by atoms with Gasteiger partial charge in [-0.3, -0.25) is 9.52 Å². The van der Waals surface area contributed by atoms with E-state index >= 15 is 0 Å². The Balaban J connectivity index is 2.01. The number of thiol groups is 1. The third-order valence-electron chi connectivity index (χ3n) is 3.36. The van der Waals surface area contributed by atoms with Crippen LogP contribution < -0.4 is 4.72 Å². The minimum absolute atomic E-state index is 0.0125. The van der Waals surface area contributed by atoms with E-state index in [0.717, 1.165) is 27.4 Å². The second-order valence-corrected chi connectivity index (χ2v) is 7.17. The van der Waals surface area contributed by atoms with E-state index < -0.39 is 0 Å². The number of hydrogen-bond donors (Lipinski definition) is 2. The maximum atomic E-state index is 11.6. The second kappa shape index (κ2) is 5.44. The molecular formula is C16H16N2O2S2. The van der Waals surface area contributed by atoms with Gasteiger partial charge in [0, 0.05) is 21.7 Å². The number of carbonyl (C=O) groups is 1.